The molecule has 1 heterocycles. The van der Waals surface area contributed by atoms with Crippen molar-refractivity contribution in [3.8, 4) is 0 Å². The van der Waals surface area contributed by atoms with Crippen LogP contribution in [0.25, 0.3) is 0 Å². The van der Waals surface area contributed by atoms with Gasteiger partial charge in [0.2, 0.25) is 11.8 Å². The Hall–Kier alpha value is -0.638. The van der Waals surface area contributed by atoms with E-state index in [9.17, 15) is 14.4 Å². The molecule has 1 saturated heterocycles. The molecule has 2 aliphatic rings. The Morgan fingerprint density at radius 3 is 2.58 bits per heavy atom. The normalized spacial score (nSPS) is 25.8. The molecule has 1 aliphatic heterocycles. The van der Waals surface area contributed by atoms with E-state index in [-0.39, 0.29) is 54.4 Å². The summed E-state index contributed by atoms with van der Waals surface area (Å²) in [5.41, 5.74) is -0.356. The van der Waals surface area contributed by atoms with Gasteiger partial charge in [-0.05, 0) is 44.7 Å². The molecule has 1 aliphatic carbocycles. The molecule has 1 saturated carbocycles. The average Bonchev–Trinajstić information content (AvgIpc) is 3.37. The number of nitrogens with zero attached hydrogens (tertiary/aromatic N) is 1. The molecular formula is C19H31N3O3U. The minimum Gasteiger partial charge on any atom is -0.541 e. The minimum absolute atomic E-state index is 0. The molecule has 2 rings (SSSR count). The number of fused-ring (bicyclic) bond motifs is 1. The van der Waals surface area contributed by atoms with Crippen LogP contribution in [0.2, 0.25) is 0 Å². The van der Waals surface area contributed by atoms with Gasteiger partial charge in [0, 0.05) is 0 Å². The maximum absolute atomic E-state index is 12.7. The number of amides is 2. The number of allylic oxidation sites excluding steroid dienone is 1. The van der Waals surface area contributed by atoms with Crippen molar-refractivity contribution >= 4 is 18.1 Å². The van der Waals surface area contributed by atoms with E-state index < -0.39 is 6.04 Å². The summed E-state index contributed by atoms with van der Waals surface area (Å²) in [7, 11) is 5.44. The van der Waals surface area contributed by atoms with Gasteiger partial charge in [-0.25, -0.2) is 0 Å². The summed E-state index contributed by atoms with van der Waals surface area (Å²) in [6, 6.07) is -0.490. The predicted molar refractivity (Wildman–Crippen MR) is 98.1 cm³/mol. The summed E-state index contributed by atoms with van der Waals surface area (Å²) in [4.78, 5) is 36.0. The Bertz CT molecular complexity index is 494. The predicted octanol–water partition coefficient (Wildman–Crippen LogP) is 1.58. The Labute approximate surface area is 181 Å². The van der Waals surface area contributed by atoms with E-state index >= 15 is 0 Å². The van der Waals surface area contributed by atoms with E-state index in [1.54, 1.807) is 6.29 Å². The third-order valence-electron chi connectivity index (χ3n) is 5.38. The van der Waals surface area contributed by atoms with Crippen molar-refractivity contribution in [2.24, 2.45) is 11.8 Å². The molecule has 0 radical (unpaired) electrons. The molecule has 2 N–H and O–H groups in total. The largest absolute Gasteiger partial charge is 2.00 e. The molecule has 2 unspecified atom stereocenters. The maximum Gasteiger partial charge on any atom is 2.00 e. The molecule has 2 fully saturated rings. The third-order valence-corrected chi connectivity index (χ3v) is 5.38. The number of likely N-dealkylation sites (tertiary alicyclic amines) is 1. The van der Waals surface area contributed by atoms with E-state index in [0.29, 0.717) is 12.3 Å². The first-order valence-corrected chi connectivity index (χ1v) is 8.94. The number of likely N-dealkylation sites (N-methyl/N-ethyl adjacent to an activating group) is 1. The van der Waals surface area contributed by atoms with Gasteiger partial charge in [0.05, 0.1) is 0 Å². The molecule has 0 aromatic rings. The molecule has 6 nitrogen and oxygen atoms in total. The van der Waals surface area contributed by atoms with Gasteiger partial charge in [-0.1, -0.05) is 20.3 Å². The van der Waals surface area contributed by atoms with Gasteiger partial charge < -0.3 is 15.4 Å². The first-order valence-electron chi connectivity index (χ1n) is 8.94. The number of rotatable bonds is 7. The van der Waals surface area contributed by atoms with Crippen LogP contribution in [0.5, 0.6) is 0 Å². The van der Waals surface area contributed by atoms with E-state index in [1.165, 1.54) is 6.08 Å². The Kier molecular flexibility index (Phi) is 11.7. The SMILES string of the molecule is C=CC[C-]=O.[CH2-]NC(=O)[C@@H](NC(=O)[C@@]12CC1CCCN2C)C(C)CC.[U+2]. The van der Waals surface area contributed by atoms with Crippen LogP contribution in [0.1, 0.15) is 46.0 Å². The van der Waals surface area contributed by atoms with Crippen molar-refractivity contribution in [3.05, 3.63) is 19.7 Å². The Morgan fingerprint density at radius 1 is 1.50 bits per heavy atom. The van der Waals surface area contributed by atoms with Gasteiger partial charge in [-0.3, -0.25) is 27.8 Å². The molecule has 4 atom stereocenters. The zero-order chi connectivity index (χ0) is 19.0. The van der Waals surface area contributed by atoms with Gasteiger partial charge in [0.25, 0.3) is 0 Å². The molecule has 2 amide bonds. The van der Waals surface area contributed by atoms with Crippen LogP contribution < -0.4 is 10.6 Å². The average molecular weight is 588 g/mol. The maximum atomic E-state index is 12.7. The van der Waals surface area contributed by atoms with Crippen molar-refractivity contribution < 1.29 is 45.5 Å². The third kappa shape index (κ3) is 5.94. The zero-order valence-electron chi connectivity index (χ0n) is 16.1. The standard InChI is InChI=1S/C15H26N3O2.C4H5O.U/c1-5-10(2)12(13(19)16-3)17-14(20)15-9-11(15)7-6-8-18(15)4;1-2-3-4-5;/h10-12H,3,5-9H2,1-2,4H3,(H,16,19)(H,17,20);2H,1,3H2;/q2*-1;+2/t10?,11?,12-,15+;;/m0../s1. The first-order chi connectivity index (χ1) is 11.9. The van der Waals surface area contributed by atoms with E-state index in [0.717, 1.165) is 32.2 Å². The number of carbonyl (C=O) groups excluding carboxylic acids is 3. The summed E-state index contributed by atoms with van der Waals surface area (Å²) in [5.74, 6) is 0.364. The van der Waals surface area contributed by atoms with Crippen molar-refractivity contribution in [3.63, 3.8) is 0 Å². The van der Waals surface area contributed by atoms with Crippen LogP contribution in [0.4, 0.5) is 0 Å². The second kappa shape index (κ2) is 11.9. The van der Waals surface area contributed by atoms with Gasteiger partial charge in [0.1, 0.15) is 11.6 Å². The van der Waals surface area contributed by atoms with E-state index in [2.05, 4.69) is 29.2 Å². The molecule has 0 spiro atoms. The zero-order valence-corrected chi connectivity index (χ0v) is 20.3. The van der Waals surface area contributed by atoms with Gasteiger partial charge in [-0.15, -0.1) is 19.1 Å². The summed E-state index contributed by atoms with van der Waals surface area (Å²) in [5, 5.41) is 5.38. The fraction of sp³-hybridized carbons (Fsp3) is 0.684. The van der Waals surface area contributed by atoms with Gasteiger partial charge in [0.15, 0.2) is 0 Å². The second-order valence-electron chi connectivity index (χ2n) is 6.90. The summed E-state index contributed by atoms with van der Waals surface area (Å²) in [6.07, 6.45) is 7.54. The molecule has 0 aromatic heterocycles. The molecule has 26 heavy (non-hydrogen) atoms. The van der Waals surface area contributed by atoms with Crippen LogP contribution in [-0.4, -0.2) is 48.2 Å². The number of piperidine rings is 1. The first kappa shape index (κ1) is 25.4. The van der Waals surface area contributed by atoms with Crippen molar-refractivity contribution in [1.82, 2.24) is 15.5 Å². The number of nitrogens with one attached hydrogen (secondary N) is 2. The van der Waals surface area contributed by atoms with Crippen molar-refractivity contribution in [2.45, 2.75) is 57.5 Å². The number of hydrogen-bond acceptors (Lipinski definition) is 4. The molecule has 0 bridgehead atoms. The van der Waals surface area contributed by atoms with Crippen LogP contribution in [0.15, 0.2) is 12.7 Å². The quantitative estimate of drug-likeness (QED) is 0.351. The summed E-state index contributed by atoms with van der Waals surface area (Å²) >= 11 is 0. The number of hydrogen-bond donors (Lipinski definition) is 2. The van der Waals surface area contributed by atoms with Gasteiger partial charge >= 0.3 is 31.1 Å². The number of carbonyl (C=O) groups is 2. The monoisotopic (exact) mass is 587 g/mol. The Morgan fingerprint density at radius 2 is 2.15 bits per heavy atom. The fourth-order valence-electron chi connectivity index (χ4n) is 3.49. The van der Waals surface area contributed by atoms with Crippen molar-refractivity contribution in [2.75, 3.05) is 13.6 Å². The molecule has 144 valence electrons. The van der Waals surface area contributed by atoms with Gasteiger partial charge in [-0.2, -0.15) is 0 Å². The van der Waals surface area contributed by atoms with Crippen LogP contribution >= 0.6 is 0 Å². The molecule has 0 aromatic carbocycles. The van der Waals surface area contributed by atoms with Crippen LogP contribution in [0.3, 0.4) is 0 Å². The van der Waals surface area contributed by atoms with Crippen LogP contribution in [-0.2, 0) is 14.4 Å². The van der Waals surface area contributed by atoms with Crippen molar-refractivity contribution in [1.29, 1.82) is 0 Å². The van der Waals surface area contributed by atoms with Crippen LogP contribution in [0, 0.1) is 50.0 Å². The summed E-state index contributed by atoms with van der Waals surface area (Å²) < 4.78 is 0. The molecular weight excluding hydrogens is 556 g/mol. The topological polar surface area (TPSA) is 78.5 Å². The van der Waals surface area contributed by atoms with E-state index in [1.807, 2.05) is 20.9 Å². The fourth-order valence-corrected chi connectivity index (χ4v) is 3.49. The molecule has 7 heteroatoms. The van der Waals surface area contributed by atoms with E-state index in [4.69, 9.17) is 0 Å². The second-order valence-corrected chi connectivity index (χ2v) is 6.90. The smallest absolute Gasteiger partial charge is 0.541 e. The Balaban J connectivity index is 0.000000923. The minimum atomic E-state index is -0.490. The summed E-state index contributed by atoms with van der Waals surface area (Å²) in [6.45, 7) is 8.24.